The molecule has 0 aliphatic rings. The van der Waals surface area contributed by atoms with Crippen LogP contribution in [0.1, 0.15) is 18.2 Å². The highest BCUT2D eigenvalue weighted by Gasteiger charge is 2.30. The molecule has 2 rings (SSSR count). The zero-order chi connectivity index (χ0) is 20.0. The Hall–Kier alpha value is -3.54. The topological polar surface area (TPSA) is 92.3 Å². The number of furan rings is 1. The largest absolute Gasteiger partial charge is 0.465 e. The highest BCUT2D eigenvalue weighted by Crippen LogP contribution is 2.29. The third kappa shape index (κ3) is 5.47. The molecule has 0 aliphatic carbocycles. The molecule has 0 saturated carbocycles. The van der Waals surface area contributed by atoms with Crippen LogP contribution in [0.15, 0.2) is 52.7 Å². The molecule has 140 valence electrons. The second-order valence-corrected chi connectivity index (χ2v) is 5.30. The molecule has 27 heavy (non-hydrogen) atoms. The number of carbonyl (C=O) groups excluding carboxylic acids is 2. The first-order valence-corrected chi connectivity index (χ1v) is 7.55. The zero-order valence-electron chi connectivity index (χ0n) is 13.9. The van der Waals surface area contributed by atoms with Crippen molar-refractivity contribution in [2.45, 2.75) is 19.2 Å². The van der Waals surface area contributed by atoms with Gasteiger partial charge in [0.25, 0.3) is 5.91 Å². The Labute approximate surface area is 151 Å². The van der Waals surface area contributed by atoms with Crippen LogP contribution >= 0.6 is 0 Å². The van der Waals surface area contributed by atoms with E-state index in [1.54, 1.807) is 12.1 Å². The van der Waals surface area contributed by atoms with Crippen LogP contribution in [-0.4, -0.2) is 18.0 Å². The van der Waals surface area contributed by atoms with Gasteiger partial charge in [-0.2, -0.15) is 18.4 Å². The minimum Gasteiger partial charge on any atom is -0.465 e. The SMILES string of the molecule is C[C@@H](OC(=O)/C(C#N)=C/c1ccco1)C(=O)Nc1ccc(C(F)(F)F)cc1. The van der Waals surface area contributed by atoms with Gasteiger partial charge >= 0.3 is 12.1 Å². The summed E-state index contributed by atoms with van der Waals surface area (Å²) in [6, 6.07) is 8.50. The molecule has 1 heterocycles. The predicted octanol–water partition coefficient (Wildman–Crippen LogP) is 3.78. The number of hydrogen-bond donors (Lipinski definition) is 1. The Morgan fingerprint density at radius 2 is 1.93 bits per heavy atom. The Morgan fingerprint density at radius 3 is 2.44 bits per heavy atom. The molecule has 1 amide bonds. The molecule has 0 unspecified atom stereocenters. The van der Waals surface area contributed by atoms with Crippen molar-refractivity contribution in [2.24, 2.45) is 0 Å². The van der Waals surface area contributed by atoms with Crippen LogP contribution in [-0.2, 0) is 20.5 Å². The zero-order valence-corrected chi connectivity index (χ0v) is 13.9. The van der Waals surface area contributed by atoms with Gasteiger partial charge in [-0.1, -0.05) is 0 Å². The molecule has 0 fully saturated rings. The number of nitrogens with one attached hydrogen (secondary N) is 1. The summed E-state index contributed by atoms with van der Waals surface area (Å²) in [7, 11) is 0. The first-order valence-electron chi connectivity index (χ1n) is 7.55. The van der Waals surface area contributed by atoms with Crippen molar-refractivity contribution in [2.75, 3.05) is 5.32 Å². The minimum atomic E-state index is -4.49. The molecule has 1 atom stereocenters. The second-order valence-electron chi connectivity index (χ2n) is 5.30. The maximum Gasteiger partial charge on any atom is 0.416 e. The molecular weight excluding hydrogens is 365 g/mol. The fourth-order valence-corrected chi connectivity index (χ4v) is 1.92. The molecule has 2 aromatic rings. The number of rotatable bonds is 5. The molecule has 0 aliphatic heterocycles. The lowest BCUT2D eigenvalue weighted by Crippen LogP contribution is -2.30. The molecular formula is C18H13F3N2O4. The van der Waals surface area contributed by atoms with Gasteiger partial charge in [-0.15, -0.1) is 0 Å². The lowest BCUT2D eigenvalue weighted by molar-refractivity contribution is -0.148. The van der Waals surface area contributed by atoms with Crippen molar-refractivity contribution in [3.63, 3.8) is 0 Å². The average Bonchev–Trinajstić information content (AvgIpc) is 3.12. The Bertz CT molecular complexity index is 879. The summed E-state index contributed by atoms with van der Waals surface area (Å²) in [5.41, 5.74) is -1.14. The Balaban J connectivity index is 1.98. The molecule has 1 aromatic heterocycles. The molecule has 0 saturated heterocycles. The van der Waals surface area contributed by atoms with Gasteiger partial charge in [0.15, 0.2) is 6.10 Å². The van der Waals surface area contributed by atoms with E-state index in [1.807, 2.05) is 0 Å². The number of nitriles is 1. The first kappa shape index (κ1) is 19.8. The van der Waals surface area contributed by atoms with Crippen LogP contribution in [0.4, 0.5) is 18.9 Å². The number of nitrogens with zero attached hydrogens (tertiary/aromatic N) is 1. The Morgan fingerprint density at radius 1 is 1.26 bits per heavy atom. The predicted molar refractivity (Wildman–Crippen MR) is 87.9 cm³/mol. The van der Waals surface area contributed by atoms with E-state index >= 15 is 0 Å². The van der Waals surface area contributed by atoms with Crippen molar-refractivity contribution in [3.05, 3.63) is 59.6 Å². The van der Waals surface area contributed by atoms with Gasteiger partial charge < -0.3 is 14.5 Å². The molecule has 1 aromatic carbocycles. The fraction of sp³-hybridized carbons (Fsp3) is 0.167. The van der Waals surface area contributed by atoms with Crippen LogP contribution in [0.25, 0.3) is 6.08 Å². The van der Waals surface area contributed by atoms with Gasteiger partial charge in [-0.05, 0) is 43.3 Å². The highest BCUT2D eigenvalue weighted by atomic mass is 19.4. The van der Waals surface area contributed by atoms with Gasteiger partial charge in [0, 0.05) is 11.8 Å². The van der Waals surface area contributed by atoms with Crippen LogP contribution in [0, 0.1) is 11.3 Å². The third-order valence-electron chi connectivity index (χ3n) is 3.30. The number of esters is 1. The quantitative estimate of drug-likeness (QED) is 0.486. The van der Waals surface area contributed by atoms with Gasteiger partial charge in [0.1, 0.15) is 17.4 Å². The van der Waals surface area contributed by atoms with Gasteiger partial charge in [-0.25, -0.2) is 4.79 Å². The normalized spacial score (nSPS) is 12.8. The lowest BCUT2D eigenvalue weighted by Gasteiger charge is -2.13. The van der Waals surface area contributed by atoms with Crippen molar-refractivity contribution < 1.29 is 31.9 Å². The van der Waals surface area contributed by atoms with Crippen LogP contribution < -0.4 is 5.32 Å². The summed E-state index contributed by atoms with van der Waals surface area (Å²) in [6.07, 6.45) is -3.26. The summed E-state index contributed by atoms with van der Waals surface area (Å²) in [5, 5.41) is 11.3. The first-order chi connectivity index (χ1) is 12.7. The average molecular weight is 378 g/mol. The van der Waals surface area contributed by atoms with E-state index in [-0.39, 0.29) is 17.0 Å². The lowest BCUT2D eigenvalue weighted by atomic mass is 10.2. The standard InChI is InChI=1S/C18H13F3N2O4/c1-11(27-17(25)12(10-22)9-15-3-2-8-26-15)16(24)23-14-6-4-13(5-7-14)18(19,20)21/h2-9,11H,1H3,(H,23,24)/b12-9+/t11-/m1/s1. The number of alkyl halides is 3. The number of halogens is 3. The minimum absolute atomic E-state index is 0.0996. The second kappa shape index (κ2) is 8.23. The van der Waals surface area contributed by atoms with Crippen LogP contribution in [0.5, 0.6) is 0 Å². The summed E-state index contributed by atoms with van der Waals surface area (Å²) >= 11 is 0. The van der Waals surface area contributed by atoms with E-state index in [2.05, 4.69) is 5.32 Å². The smallest absolute Gasteiger partial charge is 0.416 e. The molecule has 0 bridgehead atoms. The summed E-state index contributed by atoms with van der Waals surface area (Å²) < 4.78 is 47.4. The van der Waals surface area contributed by atoms with Gasteiger partial charge in [-0.3, -0.25) is 4.79 Å². The van der Waals surface area contributed by atoms with Crippen molar-refractivity contribution in [1.29, 1.82) is 5.26 Å². The van der Waals surface area contributed by atoms with Crippen LogP contribution in [0.3, 0.4) is 0 Å². The van der Waals surface area contributed by atoms with E-state index < -0.39 is 29.7 Å². The number of ether oxygens (including phenoxy) is 1. The Kier molecular flexibility index (Phi) is 6.03. The number of amides is 1. The van der Waals surface area contributed by atoms with E-state index in [9.17, 15) is 22.8 Å². The molecule has 1 N–H and O–H groups in total. The number of carbonyl (C=O) groups is 2. The monoisotopic (exact) mass is 378 g/mol. The maximum absolute atomic E-state index is 12.5. The highest BCUT2D eigenvalue weighted by molar-refractivity contribution is 6.00. The third-order valence-corrected chi connectivity index (χ3v) is 3.30. The maximum atomic E-state index is 12.5. The van der Waals surface area contributed by atoms with Crippen LogP contribution in [0.2, 0.25) is 0 Å². The summed E-state index contributed by atoms with van der Waals surface area (Å²) in [4.78, 5) is 24.0. The molecule has 0 spiro atoms. The number of benzene rings is 1. The van der Waals surface area contributed by atoms with Crippen molar-refractivity contribution in [3.8, 4) is 6.07 Å². The van der Waals surface area contributed by atoms with Gasteiger partial charge in [0.05, 0.1) is 11.8 Å². The van der Waals surface area contributed by atoms with Gasteiger partial charge in [0.2, 0.25) is 0 Å². The van der Waals surface area contributed by atoms with E-state index in [1.165, 1.54) is 19.3 Å². The molecule has 9 heteroatoms. The summed E-state index contributed by atoms with van der Waals surface area (Å²) in [5.74, 6) is -1.55. The fourth-order valence-electron chi connectivity index (χ4n) is 1.92. The van der Waals surface area contributed by atoms with Crippen molar-refractivity contribution in [1.82, 2.24) is 0 Å². The number of anilines is 1. The van der Waals surface area contributed by atoms with E-state index in [0.29, 0.717) is 0 Å². The molecule has 6 nitrogen and oxygen atoms in total. The van der Waals surface area contributed by atoms with Crippen molar-refractivity contribution >= 4 is 23.6 Å². The van der Waals surface area contributed by atoms with E-state index in [4.69, 9.17) is 14.4 Å². The van der Waals surface area contributed by atoms with E-state index in [0.717, 1.165) is 30.3 Å². The summed E-state index contributed by atoms with van der Waals surface area (Å²) in [6.45, 7) is 1.26. The molecule has 0 radical (unpaired) electrons. The number of hydrogen-bond acceptors (Lipinski definition) is 5.